The molecule has 85 heavy (non-hydrogen) atoms. The van der Waals surface area contributed by atoms with Crippen LogP contribution in [0.4, 0.5) is 9.59 Å². The fraction of sp³-hybridized carbons (Fsp3) is 0.440. The maximum absolute atomic E-state index is 14.2. The number of aromatic nitrogens is 6. The highest BCUT2D eigenvalue weighted by Crippen LogP contribution is 2.56. The summed E-state index contributed by atoms with van der Waals surface area (Å²) >= 11 is 0. The van der Waals surface area contributed by atoms with Crippen molar-refractivity contribution in [1.29, 1.82) is 0 Å². The zero-order valence-corrected chi connectivity index (χ0v) is 51.9. The Labute approximate surface area is 503 Å². The molecule has 0 N–H and O–H groups in total. The molecule has 0 bridgehead atoms. The van der Waals surface area contributed by atoms with Crippen LogP contribution in [-0.4, -0.2) is 52.5 Å². The summed E-state index contributed by atoms with van der Waals surface area (Å²) in [5, 5.41) is 1.71. The number of carbonyl (C=O) groups excluding carboxylic acids is 2. The van der Waals surface area contributed by atoms with E-state index in [9.17, 15) is 9.59 Å². The molecule has 0 aliphatic heterocycles. The van der Waals surface area contributed by atoms with Crippen molar-refractivity contribution in [2.45, 2.75) is 213 Å². The topological polar surface area (TPSA) is 114 Å². The normalized spacial score (nSPS) is 13.2. The summed E-state index contributed by atoms with van der Waals surface area (Å²) in [6.45, 7) is 15.9. The number of unbranched alkanes of at least 4 members (excludes halogenated alkanes) is 18. The molecule has 1 aliphatic rings. The van der Waals surface area contributed by atoms with E-state index < -0.39 is 23.4 Å². The van der Waals surface area contributed by atoms with Crippen molar-refractivity contribution in [3.8, 4) is 33.4 Å². The molecule has 0 fully saturated rings. The van der Waals surface area contributed by atoms with E-state index in [4.69, 9.17) is 29.4 Å². The average molecular weight is 1140 g/mol. The van der Waals surface area contributed by atoms with Gasteiger partial charge in [0.1, 0.15) is 22.2 Å². The molecule has 0 amide bonds. The van der Waals surface area contributed by atoms with Crippen LogP contribution in [0.15, 0.2) is 121 Å². The lowest BCUT2D eigenvalue weighted by Crippen LogP contribution is -2.27. The van der Waals surface area contributed by atoms with Gasteiger partial charge < -0.3 is 9.47 Å². The minimum absolute atomic E-state index is 0.281. The number of hydrogen-bond donors (Lipinski definition) is 0. The molecular weight excluding hydrogens is 1050 g/mol. The number of hydrogen-bond acceptors (Lipinski definition) is 8. The molecule has 10 nitrogen and oxygen atoms in total. The Bertz CT molecular complexity index is 3780. The molecule has 10 aromatic rings. The predicted molar refractivity (Wildman–Crippen MR) is 352 cm³/mol. The number of fused-ring (bicyclic) bond motifs is 11. The number of para-hydroxylation sites is 4. The molecule has 0 unspecified atom stereocenters. The predicted octanol–water partition coefficient (Wildman–Crippen LogP) is 21.6. The second-order valence-electron chi connectivity index (χ2n) is 26.3. The number of nitrogens with zero attached hydrogens (tertiary/aromatic N) is 6. The number of ether oxygens (including phenoxy) is 2. The van der Waals surface area contributed by atoms with Crippen molar-refractivity contribution in [2.75, 3.05) is 0 Å². The van der Waals surface area contributed by atoms with Crippen LogP contribution in [0.3, 0.4) is 0 Å². The Hall–Kier alpha value is -7.46. The Morgan fingerprint density at radius 2 is 0.765 bits per heavy atom. The molecule has 0 radical (unpaired) electrons. The minimum Gasteiger partial charge on any atom is -0.443 e. The molecular formula is C75H88N6O4. The van der Waals surface area contributed by atoms with Gasteiger partial charge >= 0.3 is 12.2 Å². The van der Waals surface area contributed by atoms with Crippen LogP contribution in [0, 0.1) is 0 Å². The molecule has 0 saturated carbocycles. The second kappa shape index (κ2) is 25.6. The van der Waals surface area contributed by atoms with E-state index in [0.29, 0.717) is 22.3 Å². The summed E-state index contributed by atoms with van der Waals surface area (Å²) in [5.41, 5.74) is 14.5. The summed E-state index contributed by atoms with van der Waals surface area (Å²) in [5.74, 6) is 0. The molecule has 442 valence electrons. The standard InChI is InChI=1S/C75H88N6O4/c1-9-11-13-15-17-19-21-23-25-31-47-75(48-32-26-24-22-20-18-16-14-12-10-2)59-49-51(53-37-33-39-61-65(53)78-69-67(76-61)57-35-27-29-41-63(57)80(69)71(82)84-73(3,4)5)43-45-55(59)56-46-44-52(50-60(56)75)54-38-34-40-62-66(54)79-70-68(77-62)58-36-28-30-42-64(58)81(70)72(83)85-74(6,7)8/h27-30,33-46,49-50H,9-26,31-32,47-48H2,1-8H3. The molecule has 0 spiro atoms. The van der Waals surface area contributed by atoms with Crippen LogP contribution in [0.5, 0.6) is 0 Å². The maximum atomic E-state index is 14.2. The molecule has 6 aromatic carbocycles. The lowest BCUT2D eigenvalue weighted by molar-refractivity contribution is 0.0539. The molecule has 4 heterocycles. The summed E-state index contributed by atoms with van der Waals surface area (Å²) < 4.78 is 15.3. The van der Waals surface area contributed by atoms with Gasteiger partial charge in [-0.15, -0.1) is 0 Å². The van der Waals surface area contributed by atoms with E-state index in [-0.39, 0.29) is 5.41 Å². The smallest absolute Gasteiger partial charge is 0.420 e. The average Bonchev–Trinajstić information content (AvgIpc) is 2.00. The lowest BCUT2D eigenvalue weighted by Gasteiger charge is -2.33. The van der Waals surface area contributed by atoms with Gasteiger partial charge in [0.05, 0.1) is 33.1 Å². The second-order valence-corrected chi connectivity index (χ2v) is 26.3. The summed E-state index contributed by atoms with van der Waals surface area (Å²) in [6, 6.07) is 42.6. The van der Waals surface area contributed by atoms with Gasteiger partial charge in [-0.1, -0.05) is 227 Å². The highest BCUT2D eigenvalue weighted by atomic mass is 16.6. The van der Waals surface area contributed by atoms with Crippen molar-refractivity contribution in [2.24, 2.45) is 0 Å². The lowest BCUT2D eigenvalue weighted by atomic mass is 9.70. The van der Waals surface area contributed by atoms with Crippen molar-refractivity contribution >= 4 is 78.4 Å². The van der Waals surface area contributed by atoms with Gasteiger partial charge in [0.2, 0.25) is 0 Å². The van der Waals surface area contributed by atoms with Gasteiger partial charge in [0.15, 0.2) is 11.3 Å². The Kier molecular flexibility index (Phi) is 17.9. The monoisotopic (exact) mass is 1140 g/mol. The third kappa shape index (κ3) is 12.5. The molecule has 0 atom stereocenters. The summed E-state index contributed by atoms with van der Waals surface area (Å²) in [7, 11) is 0. The van der Waals surface area contributed by atoms with Gasteiger partial charge in [-0.25, -0.2) is 38.7 Å². The van der Waals surface area contributed by atoms with Gasteiger partial charge in [-0.2, -0.15) is 0 Å². The van der Waals surface area contributed by atoms with Crippen LogP contribution in [-0.2, 0) is 14.9 Å². The Balaban J connectivity index is 1.03. The van der Waals surface area contributed by atoms with E-state index in [0.717, 1.165) is 91.8 Å². The minimum atomic E-state index is -0.706. The number of rotatable bonds is 24. The summed E-state index contributed by atoms with van der Waals surface area (Å²) in [4.78, 5) is 49.7. The van der Waals surface area contributed by atoms with Gasteiger partial charge in [0, 0.05) is 27.3 Å². The fourth-order valence-electron chi connectivity index (χ4n) is 13.5. The van der Waals surface area contributed by atoms with Crippen LogP contribution in [0.2, 0.25) is 0 Å². The fourth-order valence-corrected chi connectivity index (χ4v) is 13.5. The zero-order chi connectivity index (χ0) is 59.3. The third-order valence-electron chi connectivity index (χ3n) is 17.6. The van der Waals surface area contributed by atoms with Crippen LogP contribution >= 0.6 is 0 Å². The van der Waals surface area contributed by atoms with E-state index in [1.807, 2.05) is 102 Å². The van der Waals surface area contributed by atoms with E-state index in [1.54, 1.807) is 9.13 Å². The molecule has 10 heteroatoms. The van der Waals surface area contributed by atoms with E-state index in [2.05, 4.69) is 74.5 Å². The van der Waals surface area contributed by atoms with Gasteiger partial charge in [-0.3, -0.25) is 0 Å². The molecule has 0 saturated heterocycles. The first kappa shape index (κ1) is 59.3. The van der Waals surface area contributed by atoms with Crippen LogP contribution < -0.4 is 0 Å². The highest BCUT2D eigenvalue weighted by molar-refractivity contribution is 6.13. The van der Waals surface area contributed by atoms with Crippen molar-refractivity contribution in [3.05, 3.63) is 132 Å². The Morgan fingerprint density at radius 1 is 0.400 bits per heavy atom. The first-order chi connectivity index (χ1) is 41.2. The SMILES string of the molecule is CCCCCCCCCCCCC1(CCCCCCCCCCCC)c2cc(-c3cccc4nc5c6ccccc6n(C(=O)OC(C)(C)C)c5nc34)ccc2-c2ccc(-c3cccc4nc5c6ccccc6n(C(=O)OC(C)(C)C)c5nc34)cc21. The van der Waals surface area contributed by atoms with Crippen molar-refractivity contribution < 1.29 is 19.1 Å². The molecule has 4 aromatic heterocycles. The largest absolute Gasteiger partial charge is 0.443 e. The first-order valence-electron chi connectivity index (χ1n) is 32.3. The third-order valence-corrected chi connectivity index (χ3v) is 17.6. The van der Waals surface area contributed by atoms with E-state index in [1.165, 1.54) is 138 Å². The van der Waals surface area contributed by atoms with E-state index >= 15 is 0 Å². The van der Waals surface area contributed by atoms with Crippen LogP contribution in [0.25, 0.3) is 99.6 Å². The Morgan fingerprint density at radius 3 is 1.14 bits per heavy atom. The van der Waals surface area contributed by atoms with Crippen molar-refractivity contribution in [3.63, 3.8) is 0 Å². The van der Waals surface area contributed by atoms with Crippen LogP contribution in [0.1, 0.15) is 208 Å². The number of benzene rings is 6. The number of carbonyl (C=O) groups is 2. The van der Waals surface area contributed by atoms with Gasteiger partial charge in [0.25, 0.3) is 0 Å². The van der Waals surface area contributed by atoms with Crippen molar-refractivity contribution in [1.82, 2.24) is 29.1 Å². The maximum Gasteiger partial charge on any atom is 0.420 e. The zero-order valence-electron chi connectivity index (χ0n) is 51.9. The molecule has 11 rings (SSSR count). The first-order valence-corrected chi connectivity index (χ1v) is 32.3. The van der Waals surface area contributed by atoms with Gasteiger partial charge in [-0.05, 0) is 124 Å². The highest BCUT2D eigenvalue weighted by Gasteiger charge is 2.43. The molecule has 1 aliphatic carbocycles. The summed E-state index contributed by atoms with van der Waals surface area (Å²) in [6.07, 6.45) is 26.7. The quantitative estimate of drug-likeness (QED) is 0.0550.